The molecule has 0 aliphatic carbocycles. The summed E-state index contributed by atoms with van der Waals surface area (Å²) in [6.45, 7) is 9.72. The van der Waals surface area contributed by atoms with Crippen LogP contribution in [0.5, 0.6) is 11.5 Å². The Labute approximate surface area is 179 Å². The molecule has 162 valence electrons. The van der Waals surface area contributed by atoms with Gasteiger partial charge in [0.05, 0.1) is 18.8 Å². The van der Waals surface area contributed by atoms with Crippen molar-refractivity contribution in [3.63, 3.8) is 0 Å². The van der Waals surface area contributed by atoms with Crippen LogP contribution in [0.3, 0.4) is 0 Å². The number of carbonyl (C=O) groups is 1. The average Bonchev–Trinajstić information content (AvgIpc) is 3.12. The van der Waals surface area contributed by atoms with Crippen LogP contribution in [0.25, 0.3) is 0 Å². The fraction of sp³-hybridized carbons (Fsp3) is 0.542. The van der Waals surface area contributed by atoms with Crippen molar-refractivity contribution in [2.45, 2.75) is 51.8 Å². The lowest BCUT2D eigenvalue weighted by Gasteiger charge is -2.50. The molecule has 0 N–H and O–H groups in total. The molecule has 3 heterocycles. The quantitative estimate of drug-likeness (QED) is 0.770. The van der Waals surface area contributed by atoms with Crippen LogP contribution in [-0.2, 0) is 12.1 Å². The third kappa shape index (κ3) is 3.47. The number of aryl methyl sites for hydroxylation is 1. The highest BCUT2D eigenvalue weighted by molar-refractivity contribution is 5.95. The summed E-state index contributed by atoms with van der Waals surface area (Å²) in [6.07, 6.45) is 1.95. The number of nitrogens with zero attached hydrogens (tertiary/aromatic N) is 3. The molecular weight excluding hydrogens is 378 g/mol. The third-order valence-electron chi connectivity index (χ3n) is 6.72. The Morgan fingerprint density at radius 3 is 2.43 bits per heavy atom. The van der Waals surface area contributed by atoms with Crippen molar-refractivity contribution in [1.82, 2.24) is 14.4 Å². The number of fused-ring (bicyclic) bond motifs is 2. The maximum atomic E-state index is 13.2. The highest BCUT2D eigenvalue weighted by Crippen LogP contribution is 2.41. The van der Waals surface area contributed by atoms with Crippen molar-refractivity contribution >= 4 is 5.91 Å². The summed E-state index contributed by atoms with van der Waals surface area (Å²) in [6, 6.07) is 9.98. The minimum atomic E-state index is 0.0238. The summed E-state index contributed by atoms with van der Waals surface area (Å²) in [7, 11) is 3.83. The second kappa shape index (κ2) is 7.99. The first-order valence-electron chi connectivity index (χ1n) is 10.9. The lowest BCUT2D eigenvalue weighted by atomic mass is 9.81. The number of amides is 1. The lowest BCUT2D eigenvalue weighted by Crippen LogP contribution is -2.56. The molecule has 1 aromatic carbocycles. The number of ether oxygens (including phenoxy) is 2. The molecule has 1 saturated heterocycles. The monoisotopic (exact) mass is 411 g/mol. The van der Waals surface area contributed by atoms with Crippen LogP contribution in [-0.4, -0.2) is 60.2 Å². The largest absolute Gasteiger partial charge is 0.493 e. The summed E-state index contributed by atoms with van der Waals surface area (Å²) in [5.41, 5.74) is 3.40. The number of aromatic nitrogens is 1. The molecule has 2 aliphatic heterocycles. The van der Waals surface area contributed by atoms with Crippen LogP contribution in [0.4, 0.5) is 0 Å². The Kier molecular flexibility index (Phi) is 5.53. The number of likely N-dealkylation sites (tertiary alicyclic amines) is 1. The smallest absolute Gasteiger partial charge is 0.253 e. The van der Waals surface area contributed by atoms with E-state index in [0.29, 0.717) is 17.1 Å². The van der Waals surface area contributed by atoms with Gasteiger partial charge in [-0.05, 0) is 71.0 Å². The van der Waals surface area contributed by atoms with Crippen molar-refractivity contribution < 1.29 is 14.3 Å². The molecule has 30 heavy (non-hydrogen) atoms. The van der Waals surface area contributed by atoms with E-state index in [9.17, 15) is 4.79 Å². The van der Waals surface area contributed by atoms with E-state index in [-0.39, 0.29) is 17.6 Å². The molecule has 1 spiro atoms. The van der Waals surface area contributed by atoms with Gasteiger partial charge in [-0.2, -0.15) is 0 Å². The number of carbonyl (C=O) groups excluding carboxylic acids is 1. The van der Waals surface area contributed by atoms with Gasteiger partial charge in [-0.3, -0.25) is 9.69 Å². The highest BCUT2D eigenvalue weighted by Gasteiger charge is 2.44. The van der Waals surface area contributed by atoms with Crippen LogP contribution in [0.15, 0.2) is 30.3 Å². The third-order valence-corrected chi connectivity index (χ3v) is 6.72. The molecule has 1 fully saturated rings. The molecule has 2 aliphatic rings. The maximum Gasteiger partial charge on any atom is 0.253 e. The molecule has 4 rings (SSSR count). The zero-order valence-corrected chi connectivity index (χ0v) is 18.8. The van der Waals surface area contributed by atoms with Crippen molar-refractivity contribution in [3.05, 3.63) is 47.3 Å². The van der Waals surface area contributed by atoms with E-state index >= 15 is 0 Å². The highest BCUT2D eigenvalue weighted by atomic mass is 16.5. The number of hydrogen-bond acceptors (Lipinski definition) is 4. The van der Waals surface area contributed by atoms with Crippen LogP contribution < -0.4 is 9.47 Å². The summed E-state index contributed by atoms with van der Waals surface area (Å²) in [5.74, 6) is 1.33. The first-order valence-corrected chi connectivity index (χ1v) is 10.9. The number of methoxy groups -OCH3 is 1. The van der Waals surface area contributed by atoms with E-state index in [1.807, 2.05) is 30.9 Å². The Balaban J connectivity index is 1.51. The standard InChI is InChI=1S/C24H33N3O3/c1-17(2)30-20-8-7-19(16-21(20)29-5)23(28)26-12-10-24(11-13-26)22-9-6-18(3)27(22)15-14-25(24)4/h6-9,16-17H,10-15H2,1-5H3. The van der Waals surface area contributed by atoms with Gasteiger partial charge in [0.25, 0.3) is 5.91 Å². The molecule has 1 aromatic heterocycles. The number of piperidine rings is 1. The van der Waals surface area contributed by atoms with Gasteiger partial charge in [0.1, 0.15) is 0 Å². The van der Waals surface area contributed by atoms with Crippen molar-refractivity contribution in [2.24, 2.45) is 0 Å². The van der Waals surface area contributed by atoms with Gasteiger partial charge in [0.2, 0.25) is 0 Å². The molecule has 0 unspecified atom stereocenters. The van der Waals surface area contributed by atoms with E-state index in [2.05, 4.69) is 35.6 Å². The summed E-state index contributed by atoms with van der Waals surface area (Å²) in [5, 5.41) is 0. The Morgan fingerprint density at radius 2 is 1.77 bits per heavy atom. The molecule has 1 amide bonds. The summed E-state index contributed by atoms with van der Waals surface area (Å²) in [4.78, 5) is 17.7. The van der Waals surface area contributed by atoms with E-state index < -0.39 is 0 Å². The summed E-state index contributed by atoms with van der Waals surface area (Å²) < 4.78 is 13.7. The topological polar surface area (TPSA) is 46.9 Å². The number of rotatable bonds is 4. The van der Waals surface area contributed by atoms with E-state index in [0.717, 1.165) is 39.0 Å². The molecule has 0 saturated carbocycles. The van der Waals surface area contributed by atoms with Crippen LogP contribution in [0.1, 0.15) is 48.4 Å². The molecule has 2 aromatic rings. The van der Waals surface area contributed by atoms with Gasteiger partial charge in [0.15, 0.2) is 11.5 Å². The molecule has 0 radical (unpaired) electrons. The second-order valence-electron chi connectivity index (χ2n) is 8.79. The maximum absolute atomic E-state index is 13.2. The van der Waals surface area contributed by atoms with E-state index in [1.54, 1.807) is 13.2 Å². The minimum Gasteiger partial charge on any atom is -0.493 e. The van der Waals surface area contributed by atoms with Crippen LogP contribution in [0, 0.1) is 6.92 Å². The minimum absolute atomic E-state index is 0.0238. The summed E-state index contributed by atoms with van der Waals surface area (Å²) >= 11 is 0. The van der Waals surface area contributed by atoms with Gasteiger partial charge in [-0.1, -0.05) is 0 Å². The van der Waals surface area contributed by atoms with E-state index in [4.69, 9.17) is 9.47 Å². The van der Waals surface area contributed by atoms with Crippen molar-refractivity contribution in [1.29, 1.82) is 0 Å². The number of hydrogen-bond donors (Lipinski definition) is 0. The lowest BCUT2D eigenvalue weighted by molar-refractivity contribution is 0.0128. The normalized spacial score (nSPS) is 18.5. The molecule has 6 heteroatoms. The Morgan fingerprint density at radius 1 is 1.03 bits per heavy atom. The van der Waals surface area contributed by atoms with Gasteiger partial charge in [0, 0.05) is 43.1 Å². The number of benzene rings is 1. The fourth-order valence-corrected chi connectivity index (χ4v) is 4.98. The number of likely N-dealkylation sites (N-methyl/N-ethyl adjacent to an activating group) is 1. The zero-order chi connectivity index (χ0) is 21.5. The van der Waals surface area contributed by atoms with Gasteiger partial charge in [-0.25, -0.2) is 0 Å². The van der Waals surface area contributed by atoms with Gasteiger partial charge < -0.3 is 18.9 Å². The molecular formula is C24H33N3O3. The van der Waals surface area contributed by atoms with Gasteiger partial charge >= 0.3 is 0 Å². The van der Waals surface area contributed by atoms with Crippen molar-refractivity contribution in [2.75, 3.05) is 33.8 Å². The average molecular weight is 412 g/mol. The Hall–Kier alpha value is -2.47. The van der Waals surface area contributed by atoms with Crippen molar-refractivity contribution in [3.8, 4) is 11.5 Å². The second-order valence-corrected chi connectivity index (χ2v) is 8.79. The molecule has 6 nitrogen and oxygen atoms in total. The predicted molar refractivity (Wildman–Crippen MR) is 117 cm³/mol. The first kappa shape index (κ1) is 20.8. The Bertz CT molecular complexity index is 926. The van der Waals surface area contributed by atoms with Crippen LogP contribution in [0.2, 0.25) is 0 Å². The predicted octanol–water partition coefficient (Wildman–Crippen LogP) is 3.67. The zero-order valence-electron chi connectivity index (χ0n) is 18.8. The fourth-order valence-electron chi connectivity index (χ4n) is 4.98. The van der Waals surface area contributed by atoms with E-state index in [1.165, 1.54) is 11.4 Å². The van der Waals surface area contributed by atoms with Crippen LogP contribution >= 0.6 is 0 Å². The van der Waals surface area contributed by atoms with Gasteiger partial charge in [-0.15, -0.1) is 0 Å². The molecule has 0 atom stereocenters. The SMILES string of the molecule is COc1cc(C(=O)N2CCC3(CC2)c2ccc(C)n2CCN3C)ccc1OC(C)C. The molecule has 0 bridgehead atoms. The first-order chi connectivity index (χ1) is 14.4.